The molecule has 0 aliphatic rings. The summed E-state index contributed by atoms with van der Waals surface area (Å²) in [7, 11) is 0. The van der Waals surface area contributed by atoms with Gasteiger partial charge >= 0.3 is 6.18 Å². The van der Waals surface area contributed by atoms with Crippen molar-refractivity contribution in [1.29, 1.82) is 0 Å². The second kappa shape index (κ2) is 3.93. The number of nitrogens with one attached hydrogen (secondary N) is 1. The van der Waals surface area contributed by atoms with E-state index in [0.29, 0.717) is 0 Å². The summed E-state index contributed by atoms with van der Waals surface area (Å²) in [6.07, 6.45) is -4.54. The Morgan fingerprint density at radius 1 is 1.29 bits per heavy atom. The van der Waals surface area contributed by atoms with Crippen molar-refractivity contribution < 1.29 is 17.6 Å². The van der Waals surface area contributed by atoms with E-state index in [1.54, 1.807) is 5.43 Å². The minimum Gasteiger partial charge on any atom is -0.271 e. The highest BCUT2D eigenvalue weighted by Gasteiger charge is 2.40. The summed E-state index contributed by atoms with van der Waals surface area (Å²) in [4.78, 5) is 0. The molecule has 0 heterocycles. The maximum atomic E-state index is 12.6. The zero-order chi connectivity index (χ0) is 10.8. The van der Waals surface area contributed by atoms with Crippen molar-refractivity contribution in [3.63, 3.8) is 0 Å². The van der Waals surface area contributed by atoms with E-state index in [1.807, 2.05) is 0 Å². The van der Waals surface area contributed by atoms with E-state index in [9.17, 15) is 17.6 Å². The van der Waals surface area contributed by atoms with Crippen LogP contribution in [0.4, 0.5) is 17.6 Å². The van der Waals surface area contributed by atoms with Crippen LogP contribution in [0.15, 0.2) is 24.3 Å². The fourth-order valence-electron chi connectivity index (χ4n) is 1.07. The maximum Gasteiger partial charge on any atom is 0.409 e. The second-order valence-corrected chi connectivity index (χ2v) is 2.70. The molecule has 1 atom stereocenters. The van der Waals surface area contributed by atoms with Crippen LogP contribution in [0.5, 0.6) is 0 Å². The van der Waals surface area contributed by atoms with Crippen LogP contribution in [-0.4, -0.2) is 6.18 Å². The lowest BCUT2D eigenvalue weighted by Crippen LogP contribution is -2.38. The quantitative estimate of drug-likeness (QED) is 0.442. The van der Waals surface area contributed by atoms with Crippen molar-refractivity contribution in [2.24, 2.45) is 5.84 Å². The summed E-state index contributed by atoms with van der Waals surface area (Å²) < 4.78 is 49.4. The highest BCUT2D eigenvalue weighted by atomic mass is 19.4. The molecular formula is C8H8F4N2. The van der Waals surface area contributed by atoms with Crippen molar-refractivity contribution in [1.82, 2.24) is 5.43 Å². The Morgan fingerprint density at radius 3 is 2.36 bits per heavy atom. The first-order valence-electron chi connectivity index (χ1n) is 3.73. The Kier molecular flexibility index (Phi) is 3.07. The summed E-state index contributed by atoms with van der Waals surface area (Å²) in [6.45, 7) is 0. The number of hydrazine groups is 1. The Labute approximate surface area is 77.7 Å². The smallest absolute Gasteiger partial charge is 0.271 e. The first kappa shape index (κ1) is 10.9. The number of benzene rings is 1. The molecule has 3 N–H and O–H groups in total. The lowest BCUT2D eigenvalue weighted by Gasteiger charge is -2.19. The summed E-state index contributed by atoms with van der Waals surface area (Å²) in [5, 5.41) is 0. The number of hydrogen-bond acceptors (Lipinski definition) is 2. The third-order valence-corrected chi connectivity index (χ3v) is 1.68. The van der Waals surface area contributed by atoms with Gasteiger partial charge in [-0.2, -0.15) is 13.2 Å². The molecule has 1 rings (SSSR count). The highest BCUT2D eigenvalue weighted by Crippen LogP contribution is 2.31. The molecule has 0 aliphatic heterocycles. The average Bonchev–Trinajstić information content (AvgIpc) is 2.02. The molecule has 0 amide bonds. The Balaban J connectivity index is 3.01. The second-order valence-electron chi connectivity index (χ2n) is 2.70. The molecule has 14 heavy (non-hydrogen) atoms. The molecule has 0 bridgehead atoms. The number of rotatable bonds is 2. The highest BCUT2D eigenvalue weighted by molar-refractivity contribution is 5.21. The molecule has 0 saturated carbocycles. The molecule has 0 fully saturated rings. The normalized spacial score (nSPS) is 14.1. The van der Waals surface area contributed by atoms with Gasteiger partial charge in [0.05, 0.1) is 0 Å². The molecule has 6 heteroatoms. The van der Waals surface area contributed by atoms with Crippen LogP contribution in [0.2, 0.25) is 0 Å². The maximum absolute atomic E-state index is 12.6. The molecule has 0 radical (unpaired) electrons. The van der Waals surface area contributed by atoms with Gasteiger partial charge in [0.25, 0.3) is 0 Å². The molecular weight excluding hydrogens is 200 g/mol. The van der Waals surface area contributed by atoms with E-state index in [0.717, 1.165) is 18.2 Å². The van der Waals surface area contributed by atoms with Gasteiger partial charge in [0.2, 0.25) is 0 Å². The van der Waals surface area contributed by atoms with Gasteiger partial charge < -0.3 is 0 Å². The molecule has 1 aromatic carbocycles. The molecule has 0 aromatic heterocycles. The van der Waals surface area contributed by atoms with Gasteiger partial charge in [-0.25, -0.2) is 9.82 Å². The number of halogens is 4. The first-order chi connectivity index (χ1) is 6.45. The van der Waals surface area contributed by atoms with Gasteiger partial charge in [0, 0.05) is 0 Å². The van der Waals surface area contributed by atoms with E-state index < -0.39 is 18.0 Å². The minimum atomic E-state index is -4.54. The van der Waals surface area contributed by atoms with Crippen LogP contribution < -0.4 is 11.3 Å². The fraction of sp³-hybridized carbons (Fsp3) is 0.250. The largest absolute Gasteiger partial charge is 0.409 e. The predicted molar refractivity (Wildman–Crippen MR) is 42.5 cm³/mol. The summed E-state index contributed by atoms with van der Waals surface area (Å²) in [5.74, 6) is 4.02. The van der Waals surface area contributed by atoms with Gasteiger partial charge in [-0.3, -0.25) is 5.84 Å². The van der Waals surface area contributed by atoms with Crippen LogP contribution in [-0.2, 0) is 0 Å². The van der Waals surface area contributed by atoms with E-state index in [1.165, 1.54) is 6.07 Å². The van der Waals surface area contributed by atoms with E-state index >= 15 is 0 Å². The van der Waals surface area contributed by atoms with Crippen LogP contribution >= 0.6 is 0 Å². The third-order valence-electron chi connectivity index (χ3n) is 1.68. The zero-order valence-corrected chi connectivity index (χ0v) is 6.98. The van der Waals surface area contributed by atoms with Crippen molar-refractivity contribution in [2.75, 3.05) is 0 Å². The molecule has 1 aromatic rings. The molecule has 78 valence electrons. The summed E-state index contributed by atoms with van der Waals surface area (Å²) in [6, 6.07) is 2.16. The fourth-order valence-corrected chi connectivity index (χ4v) is 1.07. The third kappa shape index (κ3) is 2.43. The van der Waals surface area contributed by atoms with Crippen LogP contribution in [0, 0.1) is 5.82 Å². The van der Waals surface area contributed by atoms with Crippen LogP contribution in [0.1, 0.15) is 11.6 Å². The van der Waals surface area contributed by atoms with Gasteiger partial charge in [-0.05, 0) is 17.7 Å². The lowest BCUT2D eigenvalue weighted by molar-refractivity contribution is -0.157. The number of hydrogen-bond donors (Lipinski definition) is 2. The lowest BCUT2D eigenvalue weighted by atomic mass is 10.1. The first-order valence-corrected chi connectivity index (χ1v) is 3.73. The van der Waals surface area contributed by atoms with Crippen LogP contribution in [0.3, 0.4) is 0 Å². The van der Waals surface area contributed by atoms with Crippen molar-refractivity contribution in [3.05, 3.63) is 35.6 Å². The van der Waals surface area contributed by atoms with Gasteiger partial charge in [-0.1, -0.05) is 12.1 Å². The van der Waals surface area contributed by atoms with E-state index in [4.69, 9.17) is 5.84 Å². The van der Waals surface area contributed by atoms with Crippen LogP contribution in [0.25, 0.3) is 0 Å². The SMILES string of the molecule is NN[C@@H](c1cccc(F)c1)C(F)(F)F. The van der Waals surface area contributed by atoms with Gasteiger partial charge in [0.1, 0.15) is 11.9 Å². The monoisotopic (exact) mass is 208 g/mol. The van der Waals surface area contributed by atoms with Crippen molar-refractivity contribution >= 4 is 0 Å². The Morgan fingerprint density at radius 2 is 1.93 bits per heavy atom. The summed E-state index contributed by atoms with van der Waals surface area (Å²) >= 11 is 0. The standard InChI is InChI=1S/C8H8F4N2/c9-6-3-1-2-5(4-6)7(14-13)8(10,11)12/h1-4,7,14H,13H2/t7-/m0/s1. The number of alkyl halides is 3. The molecule has 2 nitrogen and oxygen atoms in total. The summed E-state index contributed by atoms with van der Waals surface area (Å²) in [5.41, 5.74) is 1.34. The predicted octanol–water partition coefficient (Wildman–Crippen LogP) is 1.89. The van der Waals surface area contributed by atoms with E-state index in [-0.39, 0.29) is 5.56 Å². The van der Waals surface area contributed by atoms with E-state index in [2.05, 4.69) is 0 Å². The van der Waals surface area contributed by atoms with Crippen molar-refractivity contribution in [2.45, 2.75) is 12.2 Å². The zero-order valence-electron chi connectivity index (χ0n) is 6.98. The molecule has 0 saturated heterocycles. The van der Waals surface area contributed by atoms with Crippen molar-refractivity contribution in [3.8, 4) is 0 Å². The number of nitrogens with two attached hydrogens (primary N) is 1. The minimum absolute atomic E-state index is 0.250. The molecule has 0 spiro atoms. The average molecular weight is 208 g/mol. The molecule has 0 aliphatic carbocycles. The van der Waals surface area contributed by atoms with Gasteiger partial charge in [0.15, 0.2) is 0 Å². The Hall–Kier alpha value is -1.14. The Bertz CT molecular complexity index is 310. The topological polar surface area (TPSA) is 38.0 Å². The molecule has 0 unspecified atom stereocenters. The van der Waals surface area contributed by atoms with Gasteiger partial charge in [-0.15, -0.1) is 0 Å².